The Morgan fingerprint density at radius 2 is 1.67 bits per heavy atom. The molecule has 2 N–H and O–H groups in total. The number of benzene rings is 3. The van der Waals surface area contributed by atoms with Crippen molar-refractivity contribution in [3.8, 4) is 34.0 Å². The van der Waals surface area contributed by atoms with Gasteiger partial charge in [-0.3, -0.25) is 39.2 Å². The molecule has 0 saturated carbocycles. The molecule has 6 heterocycles. The number of morpholine rings is 1. The number of amides is 5. The number of halogens is 3. The van der Waals surface area contributed by atoms with Crippen molar-refractivity contribution >= 4 is 40.9 Å². The standard InChI is InChI=1S/C45H36F3N9O7/c1-25-34(19-31(22-49-25)51-40(59)28-3-2-4-30(17-28)45(46,47)48)29-18-38(55-13-15-63-16-14-55)42(50-21-29)64-24-26-5-7-27(8-6-26)36-23-56(54-53-36)32-9-10-33-35(20-32)44(62)57(43(33)61)37-11-12-39(58)52-41(37)60/h2-10,17-23,37H,11-16,24H2,1H3,(H,51,59)(H,52,58,60). The van der Waals surface area contributed by atoms with Gasteiger partial charge in [0.1, 0.15) is 24.0 Å². The third kappa shape index (κ3) is 8.27. The van der Waals surface area contributed by atoms with Gasteiger partial charge in [0, 0.05) is 53.7 Å². The van der Waals surface area contributed by atoms with E-state index >= 15 is 0 Å². The predicted octanol–water partition coefficient (Wildman–Crippen LogP) is 5.79. The minimum atomic E-state index is -4.59. The number of carbonyl (C=O) groups excluding carboxylic acids is 5. The lowest BCUT2D eigenvalue weighted by Crippen LogP contribution is -2.54. The normalized spacial score (nSPS) is 16.5. The highest BCUT2D eigenvalue weighted by atomic mass is 19.4. The van der Waals surface area contributed by atoms with E-state index in [4.69, 9.17) is 14.5 Å². The average molecular weight is 872 g/mol. The molecular formula is C45H36F3N9O7. The van der Waals surface area contributed by atoms with Crippen LogP contribution in [0, 0.1) is 6.92 Å². The van der Waals surface area contributed by atoms with Crippen LogP contribution in [0.25, 0.3) is 28.1 Å². The number of hydrogen-bond donors (Lipinski definition) is 2. The molecule has 16 nitrogen and oxygen atoms in total. The molecule has 2 saturated heterocycles. The van der Waals surface area contributed by atoms with Crippen LogP contribution in [-0.4, -0.2) is 91.7 Å². The van der Waals surface area contributed by atoms with E-state index in [0.29, 0.717) is 71.8 Å². The fourth-order valence-electron chi connectivity index (χ4n) is 7.71. The quantitative estimate of drug-likeness (QED) is 0.158. The van der Waals surface area contributed by atoms with E-state index in [1.54, 1.807) is 31.5 Å². The average Bonchev–Trinajstić information content (AvgIpc) is 3.89. The Bertz CT molecular complexity index is 2860. The number of imide groups is 2. The van der Waals surface area contributed by atoms with Crippen molar-refractivity contribution in [1.29, 1.82) is 0 Å². The van der Waals surface area contributed by atoms with Crippen molar-refractivity contribution in [2.75, 3.05) is 36.5 Å². The number of fused-ring (bicyclic) bond motifs is 1. The maximum Gasteiger partial charge on any atom is 0.416 e. The summed E-state index contributed by atoms with van der Waals surface area (Å²) in [6, 6.07) is 18.9. The summed E-state index contributed by atoms with van der Waals surface area (Å²) in [5, 5.41) is 13.4. The van der Waals surface area contributed by atoms with E-state index in [-0.39, 0.29) is 36.1 Å². The Morgan fingerprint density at radius 3 is 2.44 bits per heavy atom. The van der Waals surface area contributed by atoms with Gasteiger partial charge in [-0.15, -0.1) is 5.10 Å². The van der Waals surface area contributed by atoms with Gasteiger partial charge in [-0.25, -0.2) is 9.67 Å². The minimum absolute atomic E-state index is 0.0227. The molecule has 64 heavy (non-hydrogen) atoms. The number of pyridine rings is 2. The summed E-state index contributed by atoms with van der Waals surface area (Å²) < 4.78 is 53.3. The topological polar surface area (TPSA) is 191 Å². The molecule has 19 heteroatoms. The first-order valence-corrected chi connectivity index (χ1v) is 20.1. The molecule has 3 aliphatic rings. The van der Waals surface area contributed by atoms with Crippen LogP contribution in [0.4, 0.5) is 24.5 Å². The number of alkyl halides is 3. The van der Waals surface area contributed by atoms with Gasteiger partial charge in [-0.2, -0.15) is 13.2 Å². The maximum absolute atomic E-state index is 13.3. The molecule has 2 fully saturated rings. The second-order valence-electron chi connectivity index (χ2n) is 15.2. The molecular weight excluding hydrogens is 836 g/mol. The zero-order chi connectivity index (χ0) is 44.7. The molecule has 0 bridgehead atoms. The Labute approximate surface area is 362 Å². The largest absolute Gasteiger partial charge is 0.471 e. The Balaban J connectivity index is 0.889. The molecule has 5 amide bonds. The van der Waals surface area contributed by atoms with Gasteiger partial charge in [0.25, 0.3) is 17.7 Å². The van der Waals surface area contributed by atoms with Gasteiger partial charge in [0.05, 0.1) is 53.7 Å². The molecule has 3 aromatic carbocycles. The van der Waals surface area contributed by atoms with E-state index in [9.17, 15) is 37.1 Å². The smallest absolute Gasteiger partial charge is 0.416 e. The van der Waals surface area contributed by atoms with Crippen molar-refractivity contribution < 1.29 is 46.6 Å². The lowest BCUT2D eigenvalue weighted by molar-refractivity contribution is -0.138. The SMILES string of the molecule is Cc1ncc(NC(=O)c2cccc(C(F)(F)F)c2)cc1-c1cnc(OCc2ccc(-c3cn(-c4ccc5c(c4)C(=O)N(C4CCC(=O)NC4=O)C5=O)nn3)cc2)c(N2CCOCC2)c1. The fourth-order valence-corrected chi connectivity index (χ4v) is 7.71. The second-order valence-corrected chi connectivity index (χ2v) is 15.2. The summed E-state index contributed by atoms with van der Waals surface area (Å²) in [5.41, 5.74) is 4.78. The number of aryl methyl sites for hydroxylation is 1. The van der Waals surface area contributed by atoms with E-state index in [2.05, 4.69) is 30.8 Å². The summed E-state index contributed by atoms with van der Waals surface area (Å²) >= 11 is 0. The third-order valence-electron chi connectivity index (χ3n) is 11.1. The van der Waals surface area contributed by atoms with Crippen LogP contribution in [-0.2, 0) is 27.1 Å². The lowest BCUT2D eigenvalue weighted by Gasteiger charge is -2.30. The summed E-state index contributed by atoms with van der Waals surface area (Å²) in [6.45, 7) is 4.15. The highest BCUT2D eigenvalue weighted by molar-refractivity contribution is 6.23. The number of rotatable bonds is 10. The molecule has 0 radical (unpaired) electrons. The number of anilines is 2. The lowest BCUT2D eigenvalue weighted by atomic mass is 10.0. The Hall–Kier alpha value is -7.80. The summed E-state index contributed by atoms with van der Waals surface area (Å²) in [6.07, 6.45) is 0.244. The van der Waals surface area contributed by atoms with Gasteiger partial charge >= 0.3 is 6.18 Å². The number of carbonyl (C=O) groups is 5. The predicted molar refractivity (Wildman–Crippen MR) is 222 cm³/mol. The van der Waals surface area contributed by atoms with Crippen molar-refractivity contribution in [2.24, 2.45) is 0 Å². The molecule has 324 valence electrons. The molecule has 3 aliphatic heterocycles. The van der Waals surface area contributed by atoms with Crippen LogP contribution in [0.15, 0.2) is 97.5 Å². The van der Waals surface area contributed by atoms with Crippen LogP contribution in [0.1, 0.15) is 60.7 Å². The minimum Gasteiger partial charge on any atom is -0.471 e. The maximum atomic E-state index is 13.3. The number of aromatic nitrogens is 5. The second kappa shape index (κ2) is 16.8. The number of ether oxygens (including phenoxy) is 2. The first-order chi connectivity index (χ1) is 30.8. The summed E-state index contributed by atoms with van der Waals surface area (Å²) in [4.78, 5) is 75.7. The van der Waals surface area contributed by atoms with Crippen molar-refractivity contribution in [3.05, 3.63) is 131 Å². The van der Waals surface area contributed by atoms with Gasteiger partial charge in [-0.05, 0) is 67.4 Å². The van der Waals surface area contributed by atoms with Crippen LogP contribution in [0.5, 0.6) is 5.88 Å². The van der Waals surface area contributed by atoms with Crippen LogP contribution in [0.3, 0.4) is 0 Å². The van der Waals surface area contributed by atoms with Crippen LogP contribution < -0.4 is 20.3 Å². The van der Waals surface area contributed by atoms with Crippen LogP contribution in [0.2, 0.25) is 0 Å². The first kappa shape index (κ1) is 41.5. The van der Waals surface area contributed by atoms with Crippen LogP contribution >= 0.6 is 0 Å². The monoisotopic (exact) mass is 871 g/mol. The zero-order valence-electron chi connectivity index (χ0n) is 33.9. The molecule has 1 unspecified atom stereocenters. The Morgan fingerprint density at radius 1 is 0.891 bits per heavy atom. The molecule has 0 spiro atoms. The molecule has 6 aromatic rings. The summed E-state index contributed by atoms with van der Waals surface area (Å²) in [7, 11) is 0. The van der Waals surface area contributed by atoms with Gasteiger partial charge < -0.3 is 19.7 Å². The highest BCUT2D eigenvalue weighted by Crippen LogP contribution is 2.35. The number of nitrogens with one attached hydrogen (secondary N) is 2. The van der Waals surface area contributed by atoms with Crippen molar-refractivity contribution in [2.45, 2.75) is 38.6 Å². The molecule has 3 aromatic heterocycles. The highest BCUT2D eigenvalue weighted by Gasteiger charge is 2.44. The fraction of sp³-hybridized carbons (Fsp3) is 0.222. The van der Waals surface area contributed by atoms with Crippen molar-refractivity contribution in [3.63, 3.8) is 0 Å². The molecule has 1 atom stereocenters. The molecule has 9 rings (SSSR count). The van der Waals surface area contributed by atoms with E-state index in [0.717, 1.165) is 28.2 Å². The number of hydrogen-bond acceptors (Lipinski definition) is 12. The third-order valence-corrected chi connectivity index (χ3v) is 11.1. The van der Waals surface area contributed by atoms with E-state index in [1.165, 1.54) is 35.1 Å². The first-order valence-electron chi connectivity index (χ1n) is 20.1. The molecule has 0 aliphatic carbocycles. The number of nitrogens with zero attached hydrogens (tertiary/aromatic N) is 7. The van der Waals surface area contributed by atoms with Gasteiger partial charge in [0.2, 0.25) is 17.7 Å². The zero-order valence-corrected chi connectivity index (χ0v) is 33.9. The summed E-state index contributed by atoms with van der Waals surface area (Å²) in [5.74, 6) is -2.69. The van der Waals surface area contributed by atoms with Crippen molar-refractivity contribution in [1.82, 2.24) is 35.2 Å². The van der Waals surface area contributed by atoms with Gasteiger partial charge in [0.15, 0.2) is 0 Å². The Kier molecular flexibility index (Phi) is 10.9. The van der Waals surface area contributed by atoms with E-state index in [1.807, 2.05) is 30.3 Å². The van der Waals surface area contributed by atoms with Gasteiger partial charge in [-0.1, -0.05) is 35.5 Å². The number of piperidine rings is 1. The van der Waals surface area contributed by atoms with E-state index < -0.39 is 47.3 Å².